The predicted molar refractivity (Wildman–Crippen MR) is 76.8 cm³/mol. The second kappa shape index (κ2) is 8.26. The number of benzene rings is 1. The van der Waals surface area contributed by atoms with E-state index in [9.17, 15) is 17.2 Å². The molecule has 0 spiro atoms. The Labute approximate surface area is 123 Å². The molecule has 1 aromatic carbocycles. The van der Waals surface area contributed by atoms with Crippen molar-refractivity contribution in [2.45, 2.75) is 32.4 Å². The average Bonchev–Trinajstić information content (AvgIpc) is 2.36. The molecule has 0 aliphatic carbocycles. The zero-order valence-corrected chi connectivity index (χ0v) is 12.6. The average molecular weight is 322 g/mol. The maximum absolute atomic E-state index is 12.0. The molecule has 0 saturated carbocycles. The van der Waals surface area contributed by atoms with Gasteiger partial charge in [-0.05, 0) is 37.5 Å². The summed E-state index contributed by atoms with van der Waals surface area (Å²) >= 11 is 0. The molecule has 8 heteroatoms. The first-order valence-electron chi connectivity index (χ1n) is 6.54. The second-order valence-electron chi connectivity index (χ2n) is 4.78. The van der Waals surface area contributed by atoms with Crippen LogP contribution in [0.15, 0.2) is 24.3 Å². The molecule has 1 aromatic rings. The van der Waals surface area contributed by atoms with Gasteiger partial charge in [0.2, 0.25) is 10.0 Å². The summed E-state index contributed by atoms with van der Waals surface area (Å²) in [5.41, 5.74) is 0.997. The van der Waals surface area contributed by atoms with E-state index in [1.165, 1.54) is 12.1 Å². The molecular formula is C13H20F2N2O3S. The van der Waals surface area contributed by atoms with Gasteiger partial charge >= 0.3 is 6.61 Å². The summed E-state index contributed by atoms with van der Waals surface area (Å²) in [5.74, 6) is 0.0323. The second-order valence-corrected chi connectivity index (χ2v) is 6.52. The summed E-state index contributed by atoms with van der Waals surface area (Å²) in [7, 11) is -3.44. The number of ether oxygens (including phenoxy) is 1. The van der Waals surface area contributed by atoms with E-state index in [4.69, 9.17) is 5.14 Å². The Hall–Kier alpha value is -1.25. The summed E-state index contributed by atoms with van der Waals surface area (Å²) in [6.45, 7) is -0.572. The first-order valence-corrected chi connectivity index (χ1v) is 8.25. The third-order valence-corrected chi connectivity index (χ3v) is 3.67. The van der Waals surface area contributed by atoms with E-state index < -0.39 is 16.6 Å². The zero-order chi connectivity index (χ0) is 15.9. The van der Waals surface area contributed by atoms with Crippen LogP contribution in [0, 0.1) is 0 Å². The Kier molecular flexibility index (Phi) is 7.00. The van der Waals surface area contributed by atoms with Crippen LogP contribution in [0.2, 0.25) is 0 Å². The number of halogens is 2. The van der Waals surface area contributed by atoms with E-state index in [0.717, 1.165) is 18.4 Å². The van der Waals surface area contributed by atoms with Gasteiger partial charge < -0.3 is 10.1 Å². The lowest BCUT2D eigenvalue weighted by atomic mass is 10.1. The van der Waals surface area contributed by atoms with E-state index in [2.05, 4.69) is 10.1 Å². The molecule has 0 radical (unpaired) electrons. The Balaban J connectivity index is 2.31. The van der Waals surface area contributed by atoms with Crippen LogP contribution in [0.25, 0.3) is 0 Å². The fourth-order valence-corrected chi connectivity index (χ4v) is 2.17. The van der Waals surface area contributed by atoms with Gasteiger partial charge in [0, 0.05) is 12.6 Å². The molecule has 0 saturated heterocycles. The first kappa shape index (κ1) is 17.8. The van der Waals surface area contributed by atoms with Crippen molar-refractivity contribution in [2.24, 2.45) is 5.14 Å². The van der Waals surface area contributed by atoms with Crippen molar-refractivity contribution in [3.63, 3.8) is 0 Å². The number of sulfonamides is 1. The minimum Gasteiger partial charge on any atom is -0.435 e. The Bertz CT molecular complexity index is 521. The van der Waals surface area contributed by atoms with Gasteiger partial charge in [0.15, 0.2) is 0 Å². The van der Waals surface area contributed by atoms with Crippen LogP contribution in [0.3, 0.4) is 0 Å². The van der Waals surface area contributed by atoms with Gasteiger partial charge in [0.05, 0.1) is 5.75 Å². The lowest BCUT2D eigenvalue weighted by molar-refractivity contribution is -0.0498. The van der Waals surface area contributed by atoms with Crippen LogP contribution >= 0.6 is 0 Å². The lowest BCUT2D eigenvalue weighted by Gasteiger charge is -2.13. The fourth-order valence-electron chi connectivity index (χ4n) is 1.77. The molecule has 1 atom stereocenters. The molecule has 0 fully saturated rings. The van der Waals surface area contributed by atoms with E-state index in [0.29, 0.717) is 6.54 Å². The molecule has 120 valence electrons. The van der Waals surface area contributed by atoms with Crippen LogP contribution < -0.4 is 15.2 Å². The quantitative estimate of drug-likeness (QED) is 0.722. The van der Waals surface area contributed by atoms with Crippen LogP contribution in [-0.4, -0.2) is 33.4 Å². The van der Waals surface area contributed by atoms with Crippen molar-refractivity contribution >= 4 is 10.0 Å². The number of hydrogen-bond donors (Lipinski definition) is 2. The molecule has 1 unspecified atom stereocenters. The number of alkyl halides is 2. The summed E-state index contributed by atoms with van der Waals surface area (Å²) in [6.07, 6.45) is 1.54. The zero-order valence-electron chi connectivity index (χ0n) is 11.8. The third kappa shape index (κ3) is 8.59. The van der Waals surface area contributed by atoms with E-state index >= 15 is 0 Å². The van der Waals surface area contributed by atoms with Gasteiger partial charge in [-0.3, -0.25) is 0 Å². The predicted octanol–water partition coefficient (Wildman–Crippen LogP) is 1.49. The molecular weight excluding hydrogens is 302 g/mol. The minimum absolute atomic E-state index is 0.100. The normalized spacial score (nSPS) is 13.4. The van der Waals surface area contributed by atoms with Crippen LogP contribution in [-0.2, 0) is 16.4 Å². The van der Waals surface area contributed by atoms with Gasteiger partial charge in [-0.25, -0.2) is 13.6 Å². The van der Waals surface area contributed by atoms with Crippen LogP contribution in [0.1, 0.15) is 18.9 Å². The number of aryl methyl sites for hydroxylation is 1. The summed E-state index contributed by atoms with van der Waals surface area (Å²) < 4.78 is 49.8. The topological polar surface area (TPSA) is 81.4 Å². The molecule has 3 N–H and O–H groups in total. The monoisotopic (exact) mass is 322 g/mol. The van der Waals surface area contributed by atoms with Crippen molar-refractivity contribution in [3.8, 4) is 5.75 Å². The number of nitrogens with two attached hydrogens (primary N) is 1. The number of nitrogens with one attached hydrogen (secondary N) is 1. The molecule has 0 amide bonds. The summed E-state index contributed by atoms with van der Waals surface area (Å²) in [4.78, 5) is 0. The lowest BCUT2D eigenvalue weighted by Crippen LogP contribution is -2.33. The van der Waals surface area contributed by atoms with Gasteiger partial charge in [0.25, 0.3) is 0 Å². The Morgan fingerprint density at radius 1 is 1.29 bits per heavy atom. The van der Waals surface area contributed by atoms with Gasteiger partial charge in [-0.2, -0.15) is 8.78 Å². The van der Waals surface area contributed by atoms with Gasteiger partial charge in [-0.1, -0.05) is 12.1 Å². The maximum Gasteiger partial charge on any atom is 0.387 e. The van der Waals surface area contributed by atoms with Crippen molar-refractivity contribution in [3.05, 3.63) is 29.8 Å². The van der Waals surface area contributed by atoms with Crippen molar-refractivity contribution in [1.29, 1.82) is 0 Å². The fraction of sp³-hybridized carbons (Fsp3) is 0.538. The molecule has 0 aliphatic heterocycles. The van der Waals surface area contributed by atoms with E-state index in [-0.39, 0.29) is 17.5 Å². The molecule has 0 aromatic heterocycles. The molecule has 1 rings (SSSR count). The minimum atomic E-state index is -3.44. The largest absolute Gasteiger partial charge is 0.435 e. The van der Waals surface area contributed by atoms with Crippen LogP contribution in [0.5, 0.6) is 5.75 Å². The van der Waals surface area contributed by atoms with Gasteiger partial charge in [-0.15, -0.1) is 0 Å². The first-order chi connectivity index (χ1) is 9.76. The smallest absolute Gasteiger partial charge is 0.387 e. The highest BCUT2D eigenvalue weighted by atomic mass is 32.2. The highest BCUT2D eigenvalue weighted by Crippen LogP contribution is 2.16. The molecule has 5 nitrogen and oxygen atoms in total. The van der Waals surface area contributed by atoms with Gasteiger partial charge in [0.1, 0.15) is 5.75 Å². The number of rotatable bonds is 9. The summed E-state index contributed by atoms with van der Waals surface area (Å²) in [6, 6.07) is 6.59. The van der Waals surface area contributed by atoms with E-state index in [1.807, 2.05) is 6.92 Å². The maximum atomic E-state index is 12.0. The summed E-state index contributed by atoms with van der Waals surface area (Å²) in [5, 5.41) is 7.97. The molecule has 21 heavy (non-hydrogen) atoms. The SMILES string of the molecule is CC(CCc1ccc(OC(F)F)cc1)NCCS(N)(=O)=O. The van der Waals surface area contributed by atoms with E-state index in [1.54, 1.807) is 12.1 Å². The van der Waals surface area contributed by atoms with Crippen molar-refractivity contribution in [2.75, 3.05) is 12.3 Å². The Morgan fingerprint density at radius 2 is 1.90 bits per heavy atom. The number of hydrogen-bond acceptors (Lipinski definition) is 4. The van der Waals surface area contributed by atoms with Crippen LogP contribution in [0.4, 0.5) is 8.78 Å². The highest BCUT2D eigenvalue weighted by molar-refractivity contribution is 7.89. The van der Waals surface area contributed by atoms with Crippen molar-refractivity contribution < 1.29 is 21.9 Å². The molecule has 0 heterocycles. The number of primary sulfonamides is 1. The third-order valence-electron chi connectivity index (χ3n) is 2.89. The standard InChI is InChI=1S/C13H20F2N2O3S/c1-10(17-8-9-21(16,18)19)2-3-11-4-6-12(7-5-11)20-13(14)15/h4-7,10,13,17H,2-3,8-9H2,1H3,(H2,16,18,19). The highest BCUT2D eigenvalue weighted by Gasteiger charge is 2.07. The Morgan fingerprint density at radius 3 is 2.43 bits per heavy atom. The molecule has 0 aliphatic rings. The molecule has 0 bridgehead atoms. The van der Waals surface area contributed by atoms with Crippen molar-refractivity contribution in [1.82, 2.24) is 5.32 Å².